The third-order valence-electron chi connectivity index (χ3n) is 5.04. The molecular formula is C25H26O3. The lowest BCUT2D eigenvalue weighted by atomic mass is 9.88. The van der Waals surface area contributed by atoms with Gasteiger partial charge in [-0.1, -0.05) is 67.4 Å². The average molecular weight is 374 g/mol. The van der Waals surface area contributed by atoms with Crippen LogP contribution in [0, 0.1) is 0 Å². The van der Waals surface area contributed by atoms with Gasteiger partial charge in [0.1, 0.15) is 5.75 Å². The van der Waals surface area contributed by atoms with Gasteiger partial charge in [-0.3, -0.25) is 0 Å². The first-order chi connectivity index (χ1) is 13.4. The normalized spacial score (nSPS) is 10.8. The maximum Gasteiger partial charge on any atom is 0.336 e. The van der Waals surface area contributed by atoms with E-state index < -0.39 is 5.97 Å². The van der Waals surface area contributed by atoms with E-state index >= 15 is 0 Å². The van der Waals surface area contributed by atoms with E-state index in [4.69, 9.17) is 0 Å². The minimum atomic E-state index is -0.942. The number of aliphatic carboxylic acids is 1. The first-order valence-electron chi connectivity index (χ1n) is 9.65. The molecule has 0 aromatic heterocycles. The fraction of sp³-hybridized carbons (Fsp3) is 0.240. The van der Waals surface area contributed by atoms with Crippen LogP contribution in [0.5, 0.6) is 5.75 Å². The number of carboxylic acid groups (broad SMARTS) is 1. The molecule has 0 atom stereocenters. The molecule has 3 nitrogen and oxygen atoms in total. The van der Waals surface area contributed by atoms with Gasteiger partial charge >= 0.3 is 5.97 Å². The van der Waals surface area contributed by atoms with Gasteiger partial charge in [-0.05, 0) is 60.4 Å². The Morgan fingerprint density at radius 3 is 2.29 bits per heavy atom. The van der Waals surface area contributed by atoms with Gasteiger partial charge in [-0.25, -0.2) is 4.79 Å². The lowest BCUT2D eigenvalue weighted by Gasteiger charge is -2.17. The van der Waals surface area contributed by atoms with E-state index in [1.807, 2.05) is 56.3 Å². The van der Waals surface area contributed by atoms with Gasteiger partial charge in [-0.2, -0.15) is 0 Å². The Labute approximate surface area is 166 Å². The lowest BCUT2D eigenvalue weighted by Crippen LogP contribution is -2.04. The zero-order valence-corrected chi connectivity index (χ0v) is 16.6. The van der Waals surface area contributed by atoms with Crippen molar-refractivity contribution in [2.45, 2.75) is 40.0 Å². The van der Waals surface area contributed by atoms with Gasteiger partial charge in [0.05, 0.1) is 5.57 Å². The number of hydrogen-bond acceptors (Lipinski definition) is 2. The summed E-state index contributed by atoms with van der Waals surface area (Å²) in [5.74, 6) is -0.673. The van der Waals surface area contributed by atoms with Crippen molar-refractivity contribution >= 4 is 22.3 Å². The second kappa shape index (κ2) is 8.30. The van der Waals surface area contributed by atoms with Crippen LogP contribution in [-0.2, 0) is 17.6 Å². The average Bonchev–Trinajstić information content (AvgIpc) is 2.66. The number of rotatable bonds is 6. The van der Waals surface area contributed by atoms with E-state index in [1.165, 1.54) is 0 Å². The highest BCUT2D eigenvalue weighted by Crippen LogP contribution is 2.39. The SMILES string of the molecule is CCCc1cc(C(C(=O)O)=C(C)C)c2cccc(Cc3ccccc3)c2c1O. The summed E-state index contributed by atoms with van der Waals surface area (Å²) in [6.45, 7) is 5.68. The Morgan fingerprint density at radius 1 is 0.964 bits per heavy atom. The molecule has 28 heavy (non-hydrogen) atoms. The van der Waals surface area contributed by atoms with Crippen molar-refractivity contribution in [2.24, 2.45) is 0 Å². The monoisotopic (exact) mass is 374 g/mol. The van der Waals surface area contributed by atoms with Crippen molar-refractivity contribution in [1.82, 2.24) is 0 Å². The first kappa shape index (κ1) is 19.7. The van der Waals surface area contributed by atoms with Gasteiger partial charge in [-0.15, -0.1) is 0 Å². The van der Waals surface area contributed by atoms with Crippen LogP contribution in [0.1, 0.15) is 49.4 Å². The first-order valence-corrected chi connectivity index (χ1v) is 9.65. The molecule has 0 aliphatic rings. The molecule has 0 heterocycles. The number of aromatic hydroxyl groups is 1. The molecule has 0 fully saturated rings. The Kier molecular flexibility index (Phi) is 5.84. The Balaban J connectivity index is 2.34. The van der Waals surface area contributed by atoms with Gasteiger partial charge in [0.15, 0.2) is 0 Å². The molecular weight excluding hydrogens is 348 g/mol. The summed E-state index contributed by atoms with van der Waals surface area (Å²) < 4.78 is 0. The standard InChI is InChI=1S/C25H26O3/c1-4-9-19-15-21(22(16(2)3)25(27)28)20-13-8-12-18(23(20)24(19)26)14-17-10-6-5-7-11-17/h5-8,10-13,15,26H,4,9,14H2,1-3H3,(H,27,28). The number of carbonyl (C=O) groups is 1. The maximum atomic E-state index is 12.0. The van der Waals surface area contributed by atoms with Gasteiger partial charge in [0, 0.05) is 5.39 Å². The van der Waals surface area contributed by atoms with E-state index in [-0.39, 0.29) is 5.75 Å². The number of benzene rings is 3. The van der Waals surface area contributed by atoms with Gasteiger partial charge < -0.3 is 10.2 Å². The molecule has 3 aromatic rings. The number of allylic oxidation sites excluding steroid dienone is 1. The minimum Gasteiger partial charge on any atom is -0.507 e. The summed E-state index contributed by atoms with van der Waals surface area (Å²) in [7, 11) is 0. The van der Waals surface area contributed by atoms with Crippen molar-refractivity contribution in [3.63, 3.8) is 0 Å². The largest absolute Gasteiger partial charge is 0.507 e. The fourth-order valence-electron chi connectivity index (χ4n) is 3.81. The summed E-state index contributed by atoms with van der Waals surface area (Å²) in [5.41, 5.74) is 4.68. The van der Waals surface area contributed by atoms with Crippen LogP contribution in [0.3, 0.4) is 0 Å². The fourth-order valence-corrected chi connectivity index (χ4v) is 3.81. The summed E-state index contributed by atoms with van der Waals surface area (Å²) >= 11 is 0. The second-order valence-electron chi connectivity index (χ2n) is 7.36. The maximum absolute atomic E-state index is 12.0. The van der Waals surface area contributed by atoms with Crippen LogP contribution in [0.2, 0.25) is 0 Å². The van der Waals surface area contributed by atoms with Gasteiger partial charge in [0.25, 0.3) is 0 Å². The molecule has 0 radical (unpaired) electrons. The molecule has 0 aliphatic heterocycles. The van der Waals surface area contributed by atoms with Crippen molar-refractivity contribution in [3.05, 3.63) is 82.4 Å². The van der Waals surface area contributed by atoms with Crippen LogP contribution >= 0.6 is 0 Å². The summed E-state index contributed by atoms with van der Waals surface area (Å²) in [6.07, 6.45) is 2.25. The number of hydrogen-bond donors (Lipinski definition) is 2. The number of fused-ring (bicyclic) bond motifs is 1. The van der Waals surface area contributed by atoms with Crippen molar-refractivity contribution in [1.29, 1.82) is 0 Å². The summed E-state index contributed by atoms with van der Waals surface area (Å²) in [6, 6.07) is 17.8. The van der Waals surface area contributed by atoms with E-state index in [0.717, 1.165) is 39.5 Å². The molecule has 0 spiro atoms. The third kappa shape index (κ3) is 3.79. The molecule has 2 N–H and O–H groups in total. The zero-order chi connectivity index (χ0) is 20.3. The Morgan fingerprint density at radius 2 is 1.68 bits per heavy atom. The summed E-state index contributed by atoms with van der Waals surface area (Å²) in [5, 5.41) is 22.4. The molecule has 3 aromatic carbocycles. The smallest absolute Gasteiger partial charge is 0.336 e. The third-order valence-corrected chi connectivity index (χ3v) is 5.04. The predicted octanol–water partition coefficient (Wildman–Crippen LogP) is 5.97. The molecule has 0 amide bonds. The molecule has 0 bridgehead atoms. The van der Waals surface area contributed by atoms with Crippen LogP contribution in [0.15, 0.2) is 60.2 Å². The highest BCUT2D eigenvalue weighted by atomic mass is 16.4. The van der Waals surface area contributed by atoms with Crippen molar-refractivity contribution in [2.75, 3.05) is 0 Å². The molecule has 0 saturated heterocycles. The number of phenols is 1. The molecule has 0 saturated carbocycles. The number of carboxylic acids is 1. The number of aryl methyl sites for hydroxylation is 1. The molecule has 0 aliphatic carbocycles. The quantitative estimate of drug-likeness (QED) is 0.523. The van der Waals surface area contributed by atoms with E-state index in [2.05, 4.69) is 19.1 Å². The number of phenolic OH excluding ortho intramolecular Hbond substituents is 1. The van der Waals surface area contributed by atoms with E-state index in [9.17, 15) is 15.0 Å². The summed E-state index contributed by atoms with van der Waals surface area (Å²) in [4.78, 5) is 12.0. The van der Waals surface area contributed by atoms with Crippen molar-refractivity contribution in [3.8, 4) is 5.75 Å². The molecule has 3 rings (SSSR count). The predicted molar refractivity (Wildman–Crippen MR) is 115 cm³/mol. The highest BCUT2D eigenvalue weighted by molar-refractivity contribution is 6.21. The molecule has 144 valence electrons. The van der Waals surface area contributed by atoms with Crippen molar-refractivity contribution < 1.29 is 15.0 Å². The Bertz CT molecular complexity index is 1040. The van der Waals surface area contributed by atoms with Gasteiger partial charge in [0.2, 0.25) is 0 Å². The topological polar surface area (TPSA) is 57.5 Å². The highest BCUT2D eigenvalue weighted by Gasteiger charge is 2.20. The molecule has 0 unspecified atom stereocenters. The van der Waals surface area contributed by atoms with E-state index in [0.29, 0.717) is 24.0 Å². The van der Waals surface area contributed by atoms with Crippen LogP contribution in [0.4, 0.5) is 0 Å². The molecule has 3 heteroatoms. The lowest BCUT2D eigenvalue weighted by molar-refractivity contribution is -0.130. The zero-order valence-electron chi connectivity index (χ0n) is 16.6. The second-order valence-corrected chi connectivity index (χ2v) is 7.36. The van der Waals surface area contributed by atoms with Crippen LogP contribution in [-0.4, -0.2) is 16.2 Å². The minimum absolute atomic E-state index is 0.269. The Hall–Kier alpha value is -3.07. The van der Waals surface area contributed by atoms with Crippen LogP contribution < -0.4 is 0 Å². The van der Waals surface area contributed by atoms with Crippen LogP contribution in [0.25, 0.3) is 16.3 Å². The van der Waals surface area contributed by atoms with E-state index in [1.54, 1.807) is 0 Å².